The molecule has 0 spiro atoms. The summed E-state index contributed by atoms with van der Waals surface area (Å²) in [5, 5.41) is 11.3. The number of anilines is 1. The van der Waals surface area contributed by atoms with Crippen molar-refractivity contribution in [3.63, 3.8) is 0 Å². The van der Waals surface area contributed by atoms with Gasteiger partial charge in [-0.1, -0.05) is 47.2 Å². The van der Waals surface area contributed by atoms with Crippen molar-refractivity contribution in [2.24, 2.45) is 5.92 Å². The maximum atomic E-state index is 13.6. The predicted molar refractivity (Wildman–Crippen MR) is 130 cm³/mol. The topological polar surface area (TPSA) is 97.9 Å². The number of hydrogen-bond acceptors (Lipinski definition) is 7. The maximum Gasteiger partial charge on any atom is 0.274 e. The number of carbonyl (C=O) groups excluding carboxylic acids is 1. The number of rotatable bonds is 9. The Labute approximate surface area is 197 Å². The lowest BCUT2D eigenvalue weighted by atomic mass is 10.1. The van der Waals surface area contributed by atoms with Gasteiger partial charge in [-0.05, 0) is 48.9 Å². The van der Waals surface area contributed by atoms with Crippen LogP contribution in [0.3, 0.4) is 0 Å². The molecule has 3 N–H and O–H groups in total. The number of nitrogens with zero attached hydrogens (tertiary/aromatic N) is 2. The molecule has 7 nitrogen and oxygen atoms in total. The molecule has 1 aliphatic rings. The molecule has 0 saturated heterocycles. The molecular weight excluding hydrogens is 438 g/mol. The molecule has 4 rings (SSSR count). The molecule has 1 amide bonds. The second-order valence-electron chi connectivity index (χ2n) is 8.38. The van der Waals surface area contributed by atoms with Gasteiger partial charge in [0.25, 0.3) is 5.91 Å². The first-order valence-electron chi connectivity index (χ1n) is 10.9. The van der Waals surface area contributed by atoms with E-state index in [0.717, 1.165) is 28.8 Å². The maximum absolute atomic E-state index is 13.6. The van der Waals surface area contributed by atoms with Crippen LogP contribution in [0.1, 0.15) is 40.6 Å². The molecule has 1 unspecified atom stereocenters. The zero-order valence-electron chi connectivity index (χ0n) is 19.1. The van der Waals surface area contributed by atoms with Crippen molar-refractivity contribution >= 4 is 22.4 Å². The first-order chi connectivity index (χ1) is 15.9. The van der Waals surface area contributed by atoms with Gasteiger partial charge in [0.15, 0.2) is 16.6 Å². The van der Waals surface area contributed by atoms with Crippen LogP contribution in [0.25, 0.3) is 10.4 Å². The number of aliphatic hydroxyl groups is 1. The van der Waals surface area contributed by atoms with E-state index in [1.807, 2.05) is 31.2 Å². The van der Waals surface area contributed by atoms with Crippen LogP contribution in [0.15, 0.2) is 42.5 Å². The highest BCUT2D eigenvalue weighted by molar-refractivity contribution is 7.19. The number of benzene rings is 2. The number of hydrogen-bond donors (Lipinski definition) is 2. The molecular formula is C25H29N3O4S. The monoisotopic (exact) mass is 467 g/mol. The second kappa shape index (κ2) is 9.80. The molecule has 174 valence electrons. The Morgan fingerprint density at radius 1 is 1.21 bits per heavy atom. The third-order valence-corrected chi connectivity index (χ3v) is 6.71. The van der Waals surface area contributed by atoms with Crippen molar-refractivity contribution in [1.82, 2.24) is 9.88 Å². The summed E-state index contributed by atoms with van der Waals surface area (Å²) >= 11 is 1.31. The third kappa shape index (κ3) is 5.29. The zero-order chi connectivity index (χ0) is 23.5. The van der Waals surface area contributed by atoms with Crippen LogP contribution in [0.4, 0.5) is 5.13 Å². The molecule has 0 radical (unpaired) electrons. The normalized spacial score (nSPS) is 14.1. The van der Waals surface area contributed by atoms with Gasteiger partial charge in [-0.2, -0.15) is 0 Å². The fourth-order valence-corrected chi connectivity index (χ4v) is 4.66. The number of thiazole rings is 1. The molecule has 1 aromatic heterocycles. The van der Waals surface area contributed by atoms with Crippen molar-refractivity contribution in [2.45, 2.75) is 25.9 Å². The Morgan fingerprint density at radius 3 is 2.64 bits per heavy atom. The molecule has 0 bridgehead atoms. The van der Waals surface area contributed by atoms with Gasteiger partial charge < -0.3 is 25.2 Å². The van der Waals surface area contributed by atoms with E-state index in [4.69, 9.17) is 15.2 Å². The molecule has 33 heavy (non-hydrogen) atoms. The van der Waals surface area contributed by atoms with E-state index in [-0.39, 0.29) is 12.5 Å². The largest absolute Gasteiger partial charge is 0.493 e. The summed E-state index contributed by atoms with van der Waals surface area (Å²) in [7, 11) is 3.12. The smallest absolute Gasteiger partial charge is 0.274 e. The average Bonchev–Trinajstić information content (AvgIpc) is 3.55. The number of nitrogens with two attached hydrogens (primary N) is 1. The van der Waals surface area contributed by atoms with Gasteiger partial charge in [-0.15, -0.1) is 0 Å². The van der Waals surface area contributed by atoms with Crippen molar-refractivity contribution in [3.05, 3.63) is 59.3 Å². The summed E-state index contributed by atoms with van der Waals surface area (Å²) < 4.78 is 10.6. The Hall–Kier alpha value is -3.10. The fourth-order valence-electron chi connectivity index (χ4n) is 3.84. The van der Waals surface area contributed by atoms with Crippen LogP contribution in [-0.4, -0.2) is 48.2 Å². The Morgan fingerprint density at radius 2 is 1.97 bits per heavy atom. The molecule has 3 aromatic rings. The Bertz CT molecular complexity index is 1140. The van der Waals surface area contributed by atoms with E-state index < -0.39 is 6.10 Å². The van der Waals surface area contributed by atoms with E-state index >= 15 is 0 Å². The quantitative estimate of drug-likeness (QED) is 0.487. The summed E-state index contributed by atoms with van der Waals surface area (Å²) in [5.41, 5.74) is 9.02. The van der Waals surface area contributed by atoms with Gasteiger partial charge in [0.2, 0.25) is 0 Å². The molecule has 2 aromatic carbocycles. The van der Waals surface area contributed by atoms with E-state index in [1.165, 1.54) is 11.3 Å². The first-order valence-corrected chi connectivity index (χ1v) is 11.7. The molecule has 1 aliphatic carbocycles. The van der Waals surface area contributed by atoms with Gasteiger partial charge >= 0.3 is 0 Å². The number of carbonyl (C=O) groups is 1. The van der Waals surface area contributed by atoms with Gasteiger partial charge in [0.05, 0.1) is 31.7 Å². The number of aromatic nitrogens is 1. The van der Waals surface area contributed by atoms with Crippen molar-refractivity contribution < 1.29 is 19.4 Å². The van der Waals surface area contributed by atoms with Crippen LogP contribution in [0, 0.1) is 12.8 Å². The number of methoxy groups -OCH3 is 2. The summed E-state index contributed by atoms with van der Waals surface area (Å²) in [6.45, 7) is 2.73. The minimum absolute atomic E-state index is 0.148. The van der Waals surface area contributed by atoms with E-state index in [9.17, 15) is 9.90 Å². The molecule has 8 heteroatoms. The average molecular weight is 468 g/mol. The summed E-state index contributed by atoms with van der Waals surface area (Å²) in [5.74, 6) is 1.35. The zero-order valence-corrected chi connectivity index (χ0v) is 19.9. The minimum Gasteiger partial charge on any atom is -0.493 e. The van der Waals surface area contributed by atoms with Crippen LogP contribution in [-0.2, 0) is 0 Å². The molecule has 1 fully saturated rings. The van der Waals surface area contributed by atoms with Gasteiger partial charge in [0.1, 0.15) is 5.69 Å². The lowest BCUT2D eigenvalue weighted by molar-refractivity contribution is 0.0606. The predicted octanol–water partition coefficient (Wildman–Crippen LogP) is 4.30. The summed E-state index contributed by atoms with van der Waals surface area (Å²) in [6, 6.07) is 13.2. The highest BCUT2D eigenvalue weighted by atomic mass is 32.1. The van der Waals surface area contributed by atoms with Gasteiger partial charge in [0, 0.05) is 6.54 Å². The van der Waals surface area contributed by atoms with Crippen molar-refractivity contribution in [1.29, 1.82) is 0 Å². The van der Waals surface area contributed by atoms with Crippen LogP contribution in [0.5, 0.6) is 11.5 Å². The standard InChI is InChI=1S/C25H29N3O4S/c1-15-5-4-6-18(11-15)23-22(27-25(26)33-23)24(30)28(13-16-7-8-16)14-19(29)17-9-10-20(31-2)21(12-17)32-3/h4-6,9-12,16,19,29H,7-8,13-14H2,1-3H3,(H2,26,27). The summed E-state index contributed by atoms with van der Waals surface area (Å²) in [6.07, 6.45) is 1.28. The molecule has 1 atom stereocenters. The highest BCUT2D eigenvalue weighted by Gasteiger charge is 2.31. The molecule has 0 aliphatic heterocycles. The molecule has 1 heterocycles. The first kappa shape index (κ1) is 23.1. The van der Waals surface area contributed by atoms with Crippen LogP contribution < -0.4 is 15.2 Å². The number of amides is 1. The molecule has 1 saturated carbocycles. The van der Waals surface area contributed by atoms with E-state index in [1.54, 1.807) is 37.3 Å². The Balaban J connectivity index is 1.61. The van der Waals surface area contributed by atoms with E-state index in [0.29, 0.717) is 40.4 Å². The number of ether oxygens (including phenoxy) is 2. The van der Waals surface area contributed by atoms with Crippen LogP contribution >= 0.6 is 11.3 Å². The fraction of sp³-hybridized carbons (Fsp3) is 0.360. The van der Waals surface area contributed by atoms with Crippen molar-refractivity contribution in [3.8, 4) is 21.9 Å². The lowest BCUT2D eigenvalue weighted by Gasteiger charge is -2.25. The highest BCUT2D eigenvalue weighted by Crippen LogP contribution is 2.36. The number of nitrogen functional groups attached to an aromatic ring is 1. The van der Waals surface area contributed by atoms with Gasteiger partial charge in [-0.25, -0.2) is 4.98 Å². The van der Waals surface area contributed by atoms with Crippen molar-refractivity contribution in [2.75, 3.05) is 33.0 Å². The number of aryl methyl sites for hydroxylation is 1. The Kier molecular flexibility index (Phi) is 6.85. The summed E-state index contributed by atoms with van der Waals surface area (Å²) in [4.78, 5) is 20.5. The second-order valence-corrected chi connectivity index (χ2v) is 9.41. The van der Waals surface area contributed by atoms with E-state index in [2.05, 4.69) is 4.98 Å². The van der Waals surface area contributed by atoms with Crippen LogP contribution in [0.2, 0.25) is 0 Å². The number of aliphatic hydroxyl groups excluding tert-OH is 1. The minimum atomic E-state index is -0.883. The lowest BCUT2D eigenvalue weighted by Crippen LogP contribution is -2.37. The third-order valence-electron chi connectivity index (χ3n) is 5.77. The van der Waals surface area contributed by atoms with Gasteiger partial charge in [-0.3, -0.25) is 4.79 Å². The SMILES string of the molecule is COc1ccc(C(O)CN(CC2CC2)C(=O)c2nc(N)sc2-c2cccc(C)c2)cc1OC.